The second-order valence-corrected chi connectivity index (χ2v) is 9.59. The molecule has 0 saturated heterocycles. The number of aryl methyl sites for hydroxylation is 2. The lowest BCUT2D eigenvalue weighted by molar-refractivity contribution is 1.19. The molecule has 3 rings (SSSR count). The minimum Gasteiger partial charge on any atom is -0.0909 e. The number of hydrogen-bond donors (Lipinski definition) is 0. The fraction of sp³-hybridized carbons (Fsp3) is 0.512. The summed E-state index contributed by atoms with van der Waals surface area (Å²) in [6.07, 6.45) is 0. The maximum Gasteiger partial charge on any atom is -0.00734 e. The number of hydrogen-bond acceptors (Lipinski definition) is 0. The van der Waals surface area contributed by atoms with Gasteiger partial charge in [0.05, 0.1) is 0 Å². The average Bonchev–Trinajstić information content (AvgIpc) is 3.27. The molecule has 2 aromatic rings. The van der Waals surface area contributed by atoms with Crippen molar-refractivity contribution in [2.75, 3.05) is 0 Å². The number of rotatable bonds is 3. The van der Waals surface area contributed by atoms with Crippen LogP contribution in [-0.2, 0) is 0 Å². The predicted octanol–water partition coefficient (Wildman–Crippen LogP) is 14.1. The molecular formula is C41H68. The Hall–Kier alpha value is -2.60. The Balaban J connectivity index is -0.00000130. The molecule has 41 heavy (non-hydrogen) atoms. The summed E-state index contributed by atoms with van der Waals surface area (Å²) in [6, 6.07) is 2.31. The first-order chi connectivity index (χ1) is 19.3. The third-order valence-corrected chi connectivity index (χ3v) is 8.09. The standard InChI is InChI=1S/C31H38.5C2H6/c1-15-14-16(2)28(21(7)17(15)3)22(8)20(6)23(9)29-26(12)30-24(10)18(4)19(5)25(11)31(30)27(29)13;5*1-2/h14H,9,12H2,1-8,10-11,13H3;5*1-2H3/b22-20-;;;;;. The zero-order valence-electron chi connectivity index (χ0n) is 31.5. The van der Waals surface area contributed by atoms with Crippen molar-refractivity contribution in [3.05, 3.63) is 97.1 Å². The quantitative estimate of drug-likeness (QED) is 0.327. The first-order valence-corrected chi connectivity index (χ1v) is 16.3. The molecule has 0 bridgehead atoms. The molecular weight excluding hydrogens is 492 g/mol. The molecule has 0 aromatic heterocycles. The van der Waals surface area contributed by atoms with Crippen LogP contribution in [0.1, 0.15) is 151 Å². The Morgan fingerprint density at radius 1 is 0.512 bits per heavy atom. The summed E-state index contributed by atoms with van der Waals surface area (Å²) in [6.45, 7) is 53.7. The summed E-state index contributed by atoms with van der Waals surface area (Å²) >= 11 is 0. The lowest BCUT2D eigenvalue weighted by Gasteiger charge is -2.20. The smallest absolute Gasteiger partial charge is 0.00734 e. The van der Waals surface area contributed by atoms with Crippen molar-refractivity contribution in [1.29, 1.82) is 0 Å². The molecule has 0 N–H and O–H groups in total. The maximum absolute atomic E-state index is 4.59. The predicted molar refractivity (Wildman–Crippen MR) is 197 cm³/mol. The van der Waals surface area contributed by atoms with Crippen LogP contribution in [-0.4, -0.2) is 0 Å². The van der Waals surface area contributed by atoms with Gasteiger partial charge in [-0.05, 0) is 171 Å². The van der Waals surface area contributed by atoms with Crippen molar-refractivity contribution in [2.45, 2.75) is 145 Å². The van der Waals surface area contributed by atoms with E-state index >= 15 is 0 Å². The van der Waals surface area contributed by atoms with Gasteiger partial charge in [0.25, 0.3) is 0 Å². The molecule has 0 nitrogen and oxygen atoms in total. The Morgan fingerprint density at radius 2 is 0.902 bits per heavy atom. The highest BCUT2D eigenvalue weighted by Gasteiger charge is 2.30. The van der Waals surface area contributed by atoms with Gasteiger partial charge in [-0.25, -0.2) is 0 Å². The lowest BCUT2D eigenvalue weighted by Crippen LogP contribution is -2.01. The minimum atomic E-state index is 1.10. The Morgan fingerprint density at radius 3 is 1.32 bits per heavy atom. The van der Waals surface area contributed by atoms with Crippen molar-refractivity contribution in [1.82, 2.24) is 0 Å². The monoisotopic (exact) mass is 561 g/mol. The summed E-state index contributed by atoms with van der Waals surface area (Å²) in [7, 11) is 0. The number of fused-ring (bicyclic) bond motifs is 1. The van der Waals surface area contributed by atoms with Crippen LogP contribution in [0.3, 0.4) is 0 Å². The zero-order chi connectivity index (χ0) is 33.5. The van der Waals surface area contributed by atoms with Crippen LogP contribution in [0.4, 0.5) is 0 Å². The van der Waals surface area contributed by atoms with Crippen molar-refractivity contribution >= 4 is 16.7 Å². The second kappa shape index (κ2) is 20.3. The molecule has 0 saturated carbocycles. The van der Waals surface area contributed by atoms with Gasteiger partial charge in [0.2, 0.25) is 0 Å². The van der Waals surface area contributed by atoms with Gasteiger partial charge in [-0.15, -0.1) is 0 Å². The summed E-state index contributed by atoms with van der Waals surface area (Å²) in [4.78, 5) is 0. The normalized spacial score (nSPS) is 11.5. The Bertz CT molecular complexity index is 1240. The zero-order valence-corrected chi connectivity index (χ0v) is 31.5. The van der Waals surface area contributed by atoms with E-state index in [1.165, 1.54) is 83.5 Å². The third kappa shape index (κ3) is 8.70. The molecule has 0 heteroatoms. The topological polar surface area (TPSA) is 0 Å². The highest BCUT2D eigenvalue weighted by molar-refractivity contribution is 6.05. The van der Waals surface area contributed by atoms with Crippen LogP contribution in [0.5, 0.6) is 0 Å². The van der Waals surface area contributed by atoms with E-state index in [1.54, 1.807) is 0 Å². The van der Waals surface area contributed by atoms with Crippen LogP contribution in [0.2, 0.25) is 0 Å². The maximum atomic E-state index is 4.59. The first kappa shape index (κ1) is 42.9. The van der Waals surface area contributed by atoms with E-state index in [9.17, 15) is 0 Å². The van der Waals surface area contributed by atoms with E-state index in [2.05, 4.69) is 95.4 Å². The van der Waals surface area contributed by atoms with Crippen LogP contribution >= 0.6 is 0 Å². The molecule has 0 radical (unpaired) electrons. The molecule has 1 aliphatic rings. The third-order valence-electron chi connectivity index (χ3n) is 8.09. The Kier molecular flexibility index (Phi) is 21.2. The molecule has 232 valence electrons. The lowest BCUT2D eigenvalue weighted by atomic mass is 9.84. The van der Waals surface area contributed by atoms with Crippen LogP contribution < -0.4 is 0 Å². The van der Waals surface area contributed by atoms with Crippen LogP contribution in [0.15, 0.2) is 35.9 Å². The van der Waals surface area contributed by atoms with Crippen LogP contribution in [0, 0.1) is 55.4 Å². The second-order valence-electron chi connectivity index (χ2n) is 9.59. The fourth-order valence-electron chi connectivity index (χ4n) is 5.51. The minimum absolute atomic E-state index is 1.10. The van der Waals surface area contributed by atoms with Gasteiger partial charge >= 0.3 is 0 Å². The SMILES string of the molecule is C=C(C1=C(C)c2c(C)c(C)c(C)c(C)c2C1=C)/C(C)=C(/C)c1c(C)cc(C)c(C)c1C.CC.CC.CC.CC.CC. The molecule has 2 aromatic carbocycles. The van der Waals surface area contributed by atoms with Gasteiger partial charge in [-0.1, -0.05) is 88.5 Å². The molecule has 0 unspecified atom stereocenters. The largest absolute Gasteiger partial charge is 0.0909 e. The van der Waals surface area contributed by atoms with Gasteiger partial charge in [0, 0.05) is 0 Å². The summed E-state index contributed by atoms with van der Waals surface area (Å²) in [5.74, 6) is 0. The summed E-state index contributed by atoms with van der Waals surface area (Å²) in [5, 5.41) is 0. The van der Waals surface area contributed by atoms with Crippen molar-refractivity contribution in [2.24, 2.45) is 0 Å². The van der Waals surface area contributed by atoms with Crippen molar-refractivity contribution in [3.8, 4) is 0 Å². The molecule has 0 heterocycles. The molecule has 0 spiro atoms. The van der Waals surface area contributed by atoms with E-state index in [-0.39, 0.29) is 0 Å². The van der Waals surface area contributed by atoms with Gasteiger partial charge < -0.3 is 0 Å². The number of allylic oxidation sites excluding steroid dienone is 6. The Labute approximate surface area is 258 Å². The highest BCUT2D eigenvalue weighted by Crippen LogP contribution is 2.49. The van der Waals surface area contributed by atoms with E-state index in [0.717, 1.165) is 11.1 Å². The fourth-order valence-corrected chi connectivity index (χ4v) is 5.51. The van der Waals surface area contributed by atoms with Gasteiger partial charge in [0.1, 0.15) is 0 Å². The summed E-state index contributed by atoms with van der Waals surface area (Å²) in [5.41, 5.74) is 22.3. The molecule has 1 aliphatic carbocycles. The van der Waals surface area contributed by atoms with Crippen molar-refractivity contribution < 1.29 is 0 Å². The van der Waals surface area contributed by atoms with E-state index in [1.807, 2.05) is 69.2 Å². The van der Waals surface area contributed by atoms with Gasteiger partial charge in [-0.2, -0.15) is 0 Å². The highest BCUT2D eigenvalue weighted by atomic mass is 14.3. The van der Waals surface area contributed by atoms with Crippen molar-refractivity contribution in [3.63, 3.8) is 0 Å². The molecule has 0 atom stereocenters. The van der Waals surface area contributed by atoms with Gasteiger partial charge in [-0.3, -0.25) is 0 Å². The molecule has 0 amide bonds. The molecule has 0 aliphatic heterocycles. The number of benzene rings is 2. The van der Waals surface area contributed by atoms with E-state index in [0.29, 0.717) is 0 Å². The van der Waals surface area contributed by atoms with E-state index in [4.69, 9.17) is 0 Å². The average molecular weight is 561 g/mol. The summed E-state index contributed by atoms with van der Waals surface area (Å²) < 4.78 is 0. The molecule has 0 fully saturated rings. The first-order valence-electron chi connectivity index (χ1n) is 16.3. The van der Waals surface area contributed by atoms with Gasteiger partial charge in [0.15, 0.2) is 0 Å². The van der Waals surface area contributed by atoms with Crippen LogP contribution in [0.25, 0.3) is 16.7 Å². The van der Waals surface area contributed by atoms with E-state index < -0.39 is 0 Å².